The Hall–Kier alpha value is -6.45. The Labute approximate surface area is 432 Å². The Morgan fingerprint density at radius 2 is 1.49 bits per heavy atom. The third kappa shape index (κ3) is 17.1. The number of phenols is 1. The molecule has 20 heteroatoms. The molecule has 9 N–H and O–H groups in total. The topological polar surface area (TPSA) is 278 Å². The average Bonchev–Trinajstić information content (AvgIpc) is 3.73. The van der Waals surface area contributed by atoms with Crippen molar-refractivity contribution in [3.8, 4) is 28.2 Å². The van der Waals surface area contributed by atoms with Gasteiger partial charge in [-0.15, -0.1) is 11.8 Å². The van der Waals surface area contributed by atoms with Crippen molar-refractivity contribution in [1.29, 1.82) is 0 Å². The number of aromatic hydroxyl groups is 1. The van der Waals surface area contributed by atoms with Crippen molar-refractivity contribution in [3.63, 3.8) is 0 Å². The number of nitrogens with two attached hydrogens (primary N) is 1. The lowest BCUT2D eigenvalue weighted by Crippen LogP contribution is -2.46. The first-order chi connectivity index (χ1) is 35.4. The second kappa shape index (κ2) is 29.3. The van der Waals surface area contributed by atoms with Gasteiger partial charge in [0.1, 0.15) is 22.3 Å². The number of amides is 5. The fraction of sp³-hybridized carbons (Fsp3) is 0.415. The monoisotopic (exact) mass is 1040 g/mol. The van der Waals surface area contributed by atoms with Crippen LogP contribution in [0, 0.1) is 0 Å². The summed E-state index contributed by atoms with van der Waals surface area (Å²) in [5.41, 5.74) is 8.23. The van der Waals surface area contributed by atoms with E-state index in [2.05, 4.69) is 26.6 Å². The van der Waals surface area contributed by atoms with Crippen molar-refractivity contribution in [2.24, 2.45) is 5.73 Å². The molecule has 4 atom stereocenters. The number of carboxylic acids is 1. The molecule has 0 bridgehead atoms. The zero-order chi connectivity index (χ0) is 52.0. The molecule has 1 aliphatic carbocycles. The molecule has 0 saturated carbocycles. The summed E-state index contributed by atoms with van der Waals surface area (Å²) in [5.74, 6) is -0.614. The Balaban J connectivity index is 0.812. The van der Waals surface area contributed by atoms with Gasteiger partial charge in [0.05, 0.1) is 38.0 Å². The zero-order valence-electron chi connectivity index (χ0n) is 40.6. The van der Waals surface area contributed by atoms with Crippen molar-refractivity contribution in [2.75, 3.05) is 64.1 Å². The van der Waals surface area contributed by atoms with Crippen LogP contribution in [0.2, 0.25) is 0 Å². The standard InChI is InChI=1S/C53H64N6O12S2/c54-49-42(59-33-60)32-73-45(49)11-5-6-12-46(63)55-20-7-2-8-21-56-47(64)19-28-72-50(34-9-3-1-4-10-34)52(66)58-23-25-70-27-26-69-24-22-57-51(65)35-13-16-38(41(29-35)53(67)68)48-39-17-14-36(61)30-43(39)71-44-31-37(62)15-18-40(44)48/h1,3-4,9-10,13-18,29-31,33,42,45,49-50,61H,2,5-8,11-12,19-28,32,54H2,(H,55,63)(H,56,64)(H,57,65)(H,58,66)(H,59,60)(H,67,68)/t42-,45?,49-,50?/m0/s1. The second-order valence-corrected chi connectivity index (χ2v) is 19.9. The summed E-state index contributed by atoms with van der Waals surface area (Å²) >= 11 is 3.17. The molecule has 3 aromatic rings. The Kier molecular flexibility index (Phi) is 22.4. The lowest BCUT2D eigenvalue weighted by atomic mass is 9.90. The normalized spacial score (nSPS) is 15.7. The Morgan fingerprint density at radius 3 is 2.22 bits per heavy atom. The Bertz CT molecular complexity index is 2670. The van der Waals surface area contributed by atoms with E-state index in [1.165, 1.54) is 54.2 Å². The summed E-state index contributed by atoms with van der Waals surface area (Å²) in [6, 6.07) is 22.3. The van der Waals surface area contributed by atoms with E-state index in [1.807, 2.05) is 30.3 Å². The number of benzene rings is 4. The van der Waals surface area contributed by atoms with Crippen molar-refractivity contribution in [1.82, 2.24) is 26.6 Å². The van der Waals surface area contributed by atoms with Gasteiger partial charge in [0.2, 0.25) is 24.1 Å². The van der Waals surface area contributed by atoms with Crippen molar-refractivity contribution < 1.29 is 52.9 Å². The van der Waals surface area contributed by atoms with Crippen molar-refractivity contribution in [2.45, 2.75) is 74.0 Å². The number of carbonyl (C=O) groups excluding carboxylic acids is 5. The van der Waals surface area contributed by atoms with Gasteiger partial charge in [-0.2, -0.15) is 11.8 Å². The number of hydrogen-bond donors (Lipinski definition) is 8. The molecule has 5 amide bonds. The molecule has 0 aromatic heterocycles. The van der Waals surface area contributed by atoms with Crippen LogP contribution < -0.4 is 37.7 Å². The van der Waals surface area contributed by atoms with Gasteiger partial charge < -0.3 is 56.4 Å². The lowest BCUT2D eigenvalue weighted by Gasteiger charge is -2.18. The van der Waals surface area contributed by atoms with Gasteiger partial charge in [-0.1, -0.05) is 42.8 Å². The van der Waals surface area contributed by atoms with E-state index in [9.17, 15) is 43.8 Å². The molecule has 2 unspecified atom stereocenters. The van der Waals surface area contributed by atoms with Crippen LogP contribution in [0.25, 0.3) is 33.4 Å². The van der Waals surface area contributed by atoms with Crippen molar-refractivity contribution >= 4 is 70.5 Å². The molecule has 1 fully saturated rings. The van der Waals surface area contributed by atoms with Gasteiger partial charge in [-0.3, -0.25) is 28.8 Å². The first kappa shape index (κ1) is 55.9. The minimum Gasteiger partial charge on any atom is -0.508 e. The third-order valence-electron chi connectivity index (χ3n) is 12.2. The largest absolute Gasteiger partial charge is 0.508 e. The highest BCUT2D eigenvalue weighted by atomic mass is 32.2. The van der Waals surface area contributed by atoms with E-state index >= 15 is 0 Å². The number of thioether (sulfide) groups is 2. The zero-order valence-corrected chi connectivity index (χ0v) is 42.2. The maximum Gasteiger partial charge on any atom is 0.336 e. The SMILES string of the molecule is N[C@@H]1C(CCCCC(=O)NCCCCCNC(=O)CCSC(C(=O)NCCOCCOCCNC(=O)c2ccc(-c3c4ccc(=O)cc-4oc4cc(O)ccc34)c(C(=O)O)c2)c2ccccc2)SC[C@@H]1NC=O. The number of fused-ring (bicyclic) bond motifs is 2. The summed E-state index contributed by atoms with van der Waals surface area (Å²) in [4.78, 5) is 86.6. The van der Waals surface area contributed by atoms with Gasteiger partial charge in [0, 0.05) is 96.0 Å². The van der Waals surface area contributed by atoms with E-state index in [0.717, 1.165) is 49.8 Å². The molecule has 18 nitrogen and oxygen atoms in total. The molecule has 3 aromatic carbocycles. The molecule has 390 valence electrons. The van der Waals surface area contributed by atoms with Crippen molar-refractivity contribution in [3.05, 3.63) is 112 Å². The quantitative estimate of drug-likeness (QED) is 0.0160. The minimum atomic E-state index is -1.27. The van der Waals surface area contributed by atoms with Crippen LogP contribution >= 0.6 is 23.5 Å². The van der Waals surface area contributed by atoms with Crippen LogP contribution in [-0.2, 0) is 28.7 Å². The van der Waals surface area contributed by atoms with E-state index in [1.54, 1.807) is 23.9 Å². The molecular formula is C53H64N6O12S2. The fourth-order valence-corrected chi connectivity index (χ4v) is 11.0. The second-order valence-electron chi connectivity index (χ2n) is 17.4. The smallest absolute Gasteiger partial charge is 0.336 e. The minimum absolute atomic E-state index is 0.0125. The molecule has 2 heterocycles. The number of hydrogen-bond acceptors (Lipinski definition) is 14. The van der Waals surface area contributed by atoms with Crippen LogP contribution in [0.3, 0.4) is 0 Å². The molecule has 6 rings (SSSR count). The average molecular weight is 1040 g/mol. The van der Waals surface area contributed by atoms with Crippen LogP contribution in [0.15, 0.2) is 94.1 Å². The molecular weight excluding hydrogens is 977 g/mol. The fourth-order valence-electron chi connectivity index (χ4n) is 8.37. The highest BCUT2D eigenvalue weighted by Gasteiger charge is 2.33. The first-order valence-electron chi connectivity index (χ1n) is 24.5. The lowest BCUT2D eigenvalue weighted by molar-refractivity contribution is -0.122. The number of phenolic OH excluding ortho intramolecular Hbond substituents is 1. The summed E-state index contributed by atoms with van der Waals surface area (Å²) in [6.45, 7) is 2.39. The Morgan fingerprint density at radius 1 is 0.781 bits per heavy atom. The highest BCUT2D eigenvalue weighted by molar-refractivity contribution is 8.00. The van der Waals surface area contributed by atoms with Crippen LogP contribution in [-0.4, -0.2) is 128 Å². The predicted octanol–water partition coefficient (Wildman–Crippen LogP) is 5.23. The predicted molar refractivity (Wildman–Crippen MR) is 282 cm³/mol. The van der Waals surface area contributed by atoms with E-state index in [0.29, 0.717) is 59.0 Å². The van der Waals surface area contributed by atoms with E-state index in [-0.39, 0.29) is 109 Å². The number of rotatable bonds is 31. The van der Waals surface area contributed by atoms with Crippen LogP contribution in [0.4, 0.5) is 0 Å². The number of carboxylic acid groups (broad SMARTS) is 1. The maximum absolute atomic E-state index is 13.3. The van der Waals surface area contributed by atoms with E-state index in [4.69, 9.17) is 19.6 Å². The molecule has 3 aliphatic rings. The maximum atomic E-state index is 13.3. The van der Waals surface area contributed by atoms with Crippen LogP contribution in [0.1, 0.15) is 82.9 Å². The number of carbonyl (C=O) groups is 6. The molecule has 2 aliphatic heterocycles. The van der Waals surface area contributed by atoms with Gasteiger partial charge >= 0.3 is 5.97 Å². The van der Waals surface area contributed by atoms with Gasteiger partial charge in [-0.05, 0) is 79.6 Å². The summed E-state index contributed by atoms with van der Waals surface area (Å²) in [5, 5.41) is 34.9. The number of nitrogens with one attached hydrogen (secondary N) is 5. The summed E-state index contributed by atoms with van der Waals surface area (Å²) in [6.07, 6.45) is 6.53. The molecule has 0 spiro atoms. The number of ether oxygens (including phenoxy) is 2. The summed E-state index contributed by atoms with van der Waals surface area (Å²) < 4.78 is 17.1. The number of aromatic carboxylic acids is 1. The highest BCUT2D eigenvalue weighted by Crippen LogP contribution is 2.42. The molecule has 1 saturated heterocycles. The van der Waals surface area contributed by atoms with Gasteiger partial charge in [-0.25, -0.2) is 4.79 Å². The molecule has 0 radical (unpaired) electrons. The number of unbranched alkanes of at least 4 members (excludes halogenated alkanes) is 3. The van der Waals surface area contributed by atoms with E-state index < -0.39 is 17.1 Å². The summed E-state index contributed by atoms with van der Waals surface area (Å²) in [7, 11) is 0. The molecule has 73 heavy (non-hydrogen) atoms. The van der Waals surface area contributed by atoms with Gasteiger partial charge in [0.25, 0.3) is 5.91 Å². The first-order valence-corrected chi connectivity index (χ1v) is 26.6. The van der Waals surface area contributed by atoms with Crippen LogP contribution in [0.5, 0.6) is 5.75 Å². The van der Waals surface area contributed by atoms with Gasteiger partial charge in [0.15, 0.2) is 5.43 Å². The third-order valence-corrected chi connectivity index (χ3v) is 15.0.